The average Bonchev–Trinajstić information content (AvgIpc) is 3.03. The van der Waals surface area contributed by atoms with Crippen LogP contribution in [0.4, 0.5) is 5.69 Å². The minimum absolute atomic E-state index is 0.0648. The number of hydrogen-bond donors (Lipinski definition) is 1. The van der Waals surface area contributed by atoms with Crippen molar-refractivity contribution in [2.75, 3.05) is 26.6 Å². The maximum atomic E-state index is 12.3. The van der Waals surface area contributed by atoms with Gasteiger partial charge in [-0.25, -0.2) is 0 Å². The van der Waals surface area contributed by atoms with Gasteiger partial charge in [0.2, 0.25) is 6.79 Å². The van der Waals surface area contributed by atoms with E-state index in [1.807, 2.05) is 36.4 Å². The number of nitrogens with zero attached hydrogens (tertiary/aromatic N) is 1. The molecule has 1 aliphatic rings. The van der Waals surface area contributed by atoms with Gasteiger partial charge in [-0.2, -0.15) is 0 Å². The molecule has 1 amide bonds. The van der Waals surface area contributed by atoms with Crippen molar-refractivity contribution in [1.82, 2.24) is 4.90 Å². The predicted molar refractivity (Wildman–Crippen MR) is 94.2 cm³/mol. The molecule has 1 heterocycles. The highest BCUT2D eigenvalue weighted by Gasteiger charge is 2.13. The number of amides is 1. The van der Waals surface area contributed by atoms with Crippen LogP contribution in [0.25, 0.3) is 6.08 Å². The molecule has 2 aromatic carbocycles. The molecular formula is C19H20N2O3. The van der Waals surface area contributed by atoms with Gasteiger partial charge in [0, 0.05) is 25.3 Å². The van der Waals surface area contributed by atoms with Gasteiger partial charge in [0.05, 0.1) is 0 Å². The van der Waals surface area contributed by atoms with E-state index in [2.05, 4.69) is 0 Å². The zero-order valence-corrected chi connectivity index (χ0v) is 13.8. The summed E-state index contributed by atoms with van der Waals surface area (Å²) in [6.07, 6.45) is 4.70. The van der Waals surface area contributed by atoms with Crippen LogP contribution in [-0.2, 0) is 6.42 Å². The summed E-state index contributed by atoms with van der Waals surface area (Å²) in [5.74, 6) is 1.49. The Morgan fingerprint density at radius 1 is 1.17 bits per heavy atom. The van der Waals surface area contributed by atoms with Crippen molar-refractivity contribution >= 4 is 17.7 Å². The van der Waals surface area contributed by atoms with Crippen LogP contribution in [0.5, 0.6) is 11.5 Å². The SMILES string of the molecule is CN(C)C(=O)c1cc(N)ccc1/C=C/Cc1ccc2c(c1)OCO2. The third kappa shape index (κ3) is 3.35. The van der Waals surface area contributed by atoms with Crippen LogP contribution >= 0.6 is 0 Å². The van der Waals surface area contributed by atoms with Crippen LogP contribution in [0.1, 0.15) is 21.5 Å². The summed E-state index contributed by atoms with van der Waals surface area (Å²) in [7, 11) is 3.46. The molecule has 124 valence electrons. The lowest BCUT2D eigenvalue weighted by atomic mass is 10.0. The number of hydrogen-bond acceptors (Lipinski definition) is 4. The third-order valence-corrected chi connectivity index (χ3v) is 3.80. The Balaban J connectivity index is 1.78. The topological polar surface area (TPSA) is 64.8 Å². The van der Waals surface area contributed by atoms with Crippen molar-refractivity contribution < 1.29 is 14.3 Å². The van der Waals surface area contributed by atoms with E-state index in [9.17, 15) is 4.79 Å². The van der Waals surface area contributed by atoms with E-state index >= 15 is 0 Å². The van der Waals surface area contributed by atoms with Crippen LogP contribution < -0.4 is 15.2 Å². The van der Waals surface area contributed by atoms with E-state index in [0.29, 0.717) is 11.3 Å². The summed E-state index contributed by atoms with van der Waals surface area (Å²) >= 11 is 0. The number of nitrogens with two attached hydrogens (primary N) is 1. The predicted octanol–water partition coefficient (Wildman–Crippen LogP) is 2.96. The standard InChI is InChI=1S/C19H20N2O3/c1-21(2)19(22)16-11-15(20)8-7-14(16)5-3-4-13-6-9-17-18(10-13)24-12-23-17/h3,5-11H,4,12,20H2,1-2H3/b5-3+. The average molecular weight is 324 g/mol. The van der Waals surface area contributed by atoms with Gasteiger partial charge in [-0.1, -0.05) is 24.3 Å². The molecule has 0 aliphatic carbocycles. The van der Waals surface area contributed by atoms with Crippen LogP contribution in [0.3, 0.4) is 0 Å². The van der Waals surface area contributed by atoms with Crippen LogP contribution in [0, 0.1) is 0 Å². The highest BCUT2D eigenvalue weighted by atomic mass is 16.7. The zero-order valence-electron chi connectivity index (χ0n) is 13.8. The number of allylic oxidation sites excluding steroid dienone is 1. The molecule has 0 aromatic heterocycles. The minimum Gasteiger partial charge on any atom is -0.454 e. The third-order valence-electron chi connectivity index (χ3n) is 3.80. The Bertz CT molecular complexity index is 797. The second kappa shape index (κ2) is 6.66. The molecule has 0 radical (unpaired) electrons. The first kappa shape index (κ1) is 15.9. The number of rotatable bonds is 4. The maximum absolute atomic E-state index is 12.3. The molecular weight excluding hydrogens is 304 g/mol. The number of carbonyl (C=O) groups is 1. The lowest BCUT2D eigenvalue weighted by Crippen LogP contribution is -2.22. The second-order valence-corrected chi connectivity index (χ2v) is 5.84. The number of anilines is 1. The molecule has 0 saturated heterocycles. The maximum Gasteiger partial charge on any atom is 0.254 e. The molecule has 0 saturated carbocycles. The number of ether oxygens (including phenoxy) is 2. The van der Waals surface area contributed by atoms with Crippen molar-refractivity contribution in [2.24, 2.45) is 0 Å². The molecule has 5 nitrogen and oxygen atoms in total. The van der Waals surface area contributed by atoms with Gasteiger partial charge in [-0.15, -0.1) is 0 Å². The highest BCUT2D eigenvalue weighted by Crippen LogP contribution is 2.32. The van der Waals surface area contributed by atoms with Gasteiger partial charge in [-0.3, -0.25) is 4.79 Å². The van der Waals surface area contributed by atoms with Gasteiger partial charge >= 0.3 is 0 Å². The van der Waals surface area contributed by atoms with E-state index in [1.54, 1.807) is 31.1 Å². The summed E-state index contributed by atoms with van der Waals surface area (Å²) in [6.45, 7) is 0.274. The summed E-state index contributed by atoms with van der Waals surface area (Å²) < 4.78 is 10.7. The fourth-order valence-corrected chi connectivity index (χ4v) is 2.54. The first-order valence-electron chi connectivity index (χ1n) is 7.71. The van der Waals surface area contributed by atoms with E-state index < -0.39 is 0 Å². The summed E-state index contributed by atoms with van der Waals surface area (Å²) in [5.41, 5.74) is 8.96. The lowest BCUT2D eigenvalue weighted by Gasteiger charge is -2.13. The fourth-order valence-electron chi connectivity index (χ4n) is 2.54. The molecule has 3 rings (SSSR count). The van der Waals surface area contributed by atoms with E-state index in [0.717, 1.165) is 29.0 Å². The summed E-state index contributed by atoms with van der Waals surface area (Å²) in [6, 6.07) is 11.3. The number of fused-ring (bicyclic) bond motifs is 1. The van der Waals surface area contributed by atoms with Gasteiger partial charge in [0.1, 0.15) is 0 Å². The molecule has 24 heavy (non-hydrogen) atoms. The quantitative estimate of drug-likeness (QED) is 0.878. The molecule has 0 atom stereocenters. The Morgan fingerprint density at radius 2 is 1.96 bits per heavy atom. The van der Waals surface area contributed by atoms with Gasteiger partial charge in [-0.05, 0) is 41.8 Å². The Kier molecular flexibility index (Phi) is 4.42. The van der Waals surface area contributed by atoms with E-state index in [-0.39, 0.29) is 12.7 Å². The van der Waals surface area contributed by atoms with Crippen molar-refractivity contribution in [1.29, 1.82) is 0 Å². The molecule has 1 aliphatic heterocycles. The normalized spacial score (nSPS) is 12.6. The summed E-state index contributed by atoms with van der Waals surface area (Å²) in [5, 5.41) is 0. The van der Waals surface area contributed by atoms with Crippen molar-refractivity contribution in [3.8, 4) is 11.5 Å². The van der Waals surface area contributed by atoms with Gasteiger partial charge in [0.15, 0.2) is 11.5 Å². The van der Waals surface area contributed by atoms with Crippen LogP contribution in [0.15, 0.2) is 42.5 Å². The molecule has 0 unspecified atom stereocenters. The minimum atomic E-state index is -0.0648. The Labute approximate surface area is 141 Å². The first-order valence-corrected chi connectivity index (χ1v) is 7.71. The first-order chi connectivity index (χ1) is 11.5. The monoisotopic (exact) mass is 324 g/mol. The number of carbonyl (C=O) groups excluding carboxylic acids is 1. The number of nitrogen functional groups attached to an aromatic ring is 1. The second-order valence-electron chi connectivity index (χ2n) is 5.84. The largest absolute Gasteiger partial charge is 0.454 e. The van der Waals surface area contributed by atoms with Crippen molar-refractivity contribution in [2.45, 2.75) is 6.42 Å². The van der Waals surface area contributed by atoms with E-state index in [4.69, 9.17) is 15.2 Å². The van der Waals surface area contributed by atoms with E-state index in [1.165, 1.54) is 0 Å². The Morgan fingerprint density at radius 3 is 2.75 bits per heavy atom. The molecule has 2 aromatic rings. The molecule has 0 spiro atoms. The zero-order chi connectivity index (χ0) is 17.1. The number of benzene rings is 2. The van der Waals surface area contributed by atoms with Crippen molar-refractivity contribution in [3.63, 3.8) is 0 Å². The smallest absolute Gasteiger partial charge is 0.254 e. The molecule has 0 fully saturated rings. The van der Waals surface area contributed by atoms with Crippen molar-refractivity contribution in [3.05, 3.63) is 59.2 Å². The molecule has 5 heteroatoms. The van der Waals surface area contributed by atoms with Crippen LogP contribution in [-0.4, -0.2) is 31.7 Å². The Hall–Kier alpha value is -2.95. The molecule has 0 bridgehead atoms. The highest BCUT2D eigenvalue weighted by molar-refractivity contribution is 5.98. The van der Waals surface area contributed by atoms with Gasteiger partial charge in [0.25, 0.3) is 5.91 Å². The lowest BCUT2D eigenvalue weighted by molar-refractivity contribution is 0.0827. The summed E-state index contributed by atoms with van der Waals surface area (Å²) in [4.78, 5) is 13.8. The molecule has 2 N–H and O–H groups in total. The van der Waals surface area contributed by atoms with Crippen LogP contribution in [0.2, 0.25) is 0 Å². The van der Waals surface area contributed by atoms with Gasteiger partial charge < -0.3 is 20.1 Å². The fraction of sp³-hybridized carbons (Fsp3) is 0.211.